The fraction of sp³-hybridized carbons (Fsp3) is 1.00. The Morgan fingerprint density at radius 2 is 2.00 bits per heavy atom. The zero-order chi connectivity index (χ0) is 10.9. The predicted octanol–water partition coefficient (Wildman–Crippen LogP) is 3.85. The second-order valence-corrected chi connectivity index (χ2v) is 5.97. The summed E-state index contributed by atoms with van der Waals surface area (Å²) >= 11 is 1.93. The van der Waals surface area contributed by atoms with Crippen LogP contribution < -0.4 is 0 Å². The molecule has 1 nitrogen and oxygen atoms in total. The van der Waals surface area contributed by atoms with Crippen LogP contribution in [0.4, 0.5) is 0 Å². The van der Waals surface area contributed by atoms with Gasteiger partial charge >= 0.3 is 0 Å². The lowest BCUT2D eigenvalue weighted by atomic mass is 10.0. The monoisotopic (exact) mass is 230 g/mol. The van der Waals surface area contributed by atoms with Crippen molar-refractivity contribution in [3.63, 3.8) is 0 Å². The van der Waals surface area contributed by atoms with Crippen molar-refractivity contribution in [3.05, 3.63) is 0 Å². The number of aliphatic hydroxyl groups excluding tert-OH is 1. The van der Waals surface area contributed by atoms with E-state index in [0.717, 1.165) is 18.1 Å². The Balaban J connectivity index is 1.91. The van der Waals surface area contributed by atoms with Crippen molar-refractivity contribution in [2.75, 3.05) is 11.5 Å². The molecule has 1 fully saturated rings. The van der Waals surface area contributed by atoms with Gasteiger partial charge in [-0.1, -0.05) is 45.4 Å². The first-order chi connectivity index (χ1) is 7.33. The first-order valence-electron chi connectivity index (χ1n) is 6.58. The molecule has 0 aromatic rings. The van der Waals surface area contributed by atoms with Crippen LogP contribution in [-0.2, 0) is 0 Å². The maximum absolute atomic E-state index is 9.85. The summed E-state index contributed by atoms with van der Waals surface area (Å²) in [4.78, 5) is 0. The molecule has 0 spiro atoms. The predicted molar refractivity (Wildman–Crippen MR) is 69.4 cm³/mol. The Kier molecular flexibility index (Phi) is 7.54. The molecule has 15 heavy (non-hydrogen) atoms. The summed E-state index contributed by atoms with van der Waals surface area (Å²) in [6.45, 7) is 2.24. The van der Waals surface area contributed by atoms with E-state index in [1.165, 1.54) is 50.7 Å². The molecule has 1 aliphatic rings. The first kappa shape index (κ1) is 13.4. The molecule has 1 N–H and O–H groups in total. The van der Waals surface area contributed by atoms with Gasteiger partial charge in [-0.2, -0.15) is 11.8 Å². The molecule has 2 heteroatoms. The van der Waals surface area contributed by atoms with Gasteiger partial charge in [-0.05, 0) is 24.5 Å². The molecule has 90 valence electrons. The van der Waals surface area contributed by atoms with Gasteiger partial charge in [-0.15, -0.1) is 0 Å². The molecule has 0 saturated heterocycles. The number of rotatable bonds is 8. The highest BCUT2D eigenvalue weighted by Gasteiger charge is 2.18. The van der Waals surface area contributed by atoms with Gasteiger partial charge in [0.1, 0.15) is 0 Å². The third-order valence-corrected chi connectivity index (χ3v) is 4.48. The Labute approximate surface area is 99.0 Å². The van der Waals surface area contributed by atoms with Crippen molar-refractivity contribution in [1.29, 1.82) is 0 Å². The molecule has 1 saturated carbocycles. The van der Waals surface area contributed by atoms with Crippen molar-refractivity contribution < 1.29 is 5.11 Å². The van der Waals surface area contributed by atoms with E-state index in [2.05, 4.69) is 6.92 Å². The van der Waals surface area contributed by atoms with E-state index in [4.69, 9.17) is 0 Å². The van der Waals surface area contributed by atoms with Gasteiger partial charge in [0.15, 0.2) is 0 Å². The Bertz CT molecular complexity index is 143. The third kappa shape index (κ3) is 6.47. The maximum atomic E-state index is 9.85. The molecule has 0 radical (unpaired) electrons. The molecule has 0 bridgehead atoms. The molecular weight excluding hydrogens is 204 g/mol. The second-order valence-electron chi connectivity index (χ2n) is 4.82. The van der Waals surface area contributed by atoms with E-state index in [-0.39, 0.29) is 6.10 Å². The van der Waals surface area contributed by atoms with Gasteiger partial charge < -0.3 is 5.11 Å². The van der Waals surface area contributed by atoms with Crippen LogP contribution in [0.1, 0.15) is 58.3 Å². The number of hydrogen-bond acceptors (Lipinski definition) is 2. The van der Waals surface area contributed by atoms with E-state index in [0.29, 0.717) is 0 Å². The average Bonchev–Trinajstić information content (AvgIpc) is 2.70. The summed E-state index contributed by atoms with van der Waals surface area (Å²) in [6, 6.07) is 0. The highest BCUT2D eigenvalue weighted by Crippen LogP contribution is 2.29. The van der Waals surface area contributed by atoms with Crippen LogP contribution in [0.3, 0.4) is 0 Å². The third-order valence-electron chi connectivity index (χ3n) is 3.28. The van der Waals surface area contributed by atoms with Crippen LogP contribution in [-0.4, -0.2) is 22.7 Å². The number of hydrogen-bond donors (Lipinski definition) is 1. The van der Waals surface area contributed by atoms with Crippen molar-refractivity contribution in [2.45, 2.75) is 64.4 Å². The van der Waals surface area contributed by atoms with Crippen molar-refractivity contribution >= 4 is 11.8 Å². The van der Waals surface area contributed by atoms with Crippen molar-refractivity contribution in [2.24, 2.45) is 5.92 Å². The lowest BCUT2D eigenvalue weighted by Gasteiger charge is -2.14. The van der Waals surface area contributed by atoms with E-state index >= 15 is 0 Å². The van der Waals surface area contributed by atoms with Crippen LogP contribution in [0, 0.1) is 5.92 Å². The minimum absolute atomic E-state index is 0.0419. The Morgan fingerprint density at radius 3 is 2.67 bits per heavy atom. The van der Waals surface area contributed by atoms with Gasteiger partial charge in [0.2, 0.25) is 0 Å². The molecule has 0 aromatic carbocycles. The van der Waals surface area contributed by atoms with E-state index in [9.17, 15) is 5.11 Å². The van der Waals surface area contributed by atoms with Gasteiger partial charge in [0.25, 0.3) is 0 Å². The molecule has 0 heterocycles. The summed E-state index contributed by atoms with van der Waals surface area (Å²) in [5.41, 5.74) is 0. The lowest BCUT2D eigenvalue weighted by Crippen LogP contribution is -2.14. The van der Waals surface area contributed by atoms with Gasteiger partial charge in [0, 0.05) is 5.75 Å². The van der Waals surface area contributed by atoms with Crippen LogP contribution in [0.2, 0.25) is 0 Å². The zero-order valence-electron chi connectivity index (χ0n) is 10.1. The number of unbranched alkanes of at least 4 members (excludes halogenated alkanes) is 2. The normalized spacial score (nSPS) is 19.6. The highest BCUT2D eigenvalue weighted by atomic mass is 32.2. The smallest absolute Gasteiger partial charge is 0.0633 e. The lowest BCUT2D eigenvalue weighted by molar-refractivity contribution is 0.166. The quantitative estimate of drug-likeness (QED) is 0.639. The van der Waals surface area contributed by atoms with Gasteiger partial charge in [-0.25, -0.2) is 0 Å². The van der Waals surface area contributed by atoms with Gasteiger partial charge in [0.05, 0.1) is 6.10 Å². The summed E-state index contributed by atoms with van der Waals surface area (Å²) in [7, 11) is 0. The molecule has 1 aliphatic carbocycles. The van der Waals surface area contributed by atoms with E-state index < -0.39 is 0 Å². The fourth-order valence-electron chi connectivity index (χ4n) is 2.37. The minimum atomic E-state index is -0.0419. The van der Waals surface area contributed by atoms with Crippen LogP contribution in [0.25, 0.3) is 0 Å². The Morgan fingerprint density at radius 1 is 1.27 bits per heavy atom. The Hall–Kier alpha value is 0.310. The largest absolute Gasteiger partial charge is 0.392 e. The molecule has 0 aliphatic heterocycles. The van der Waals surface area contributed by atoms with Crippen LogP contribution >= 0.6 is 11.8 Å². The maximum Gasteiger partial charge on any atom is 0.0633 e. The summed E-state index contributed by atoms with van der Waals surface area (Å²) < 4.78 is 0. The molecule has 1 unspecified atom stereocenters. The van der Waals surface area contributed by atoms with Crippen LogP contribution in [0.5, 0.6) is 0 Å². The highest BCUT2D eigenvalue weighted by molar-refractivity contribution is 7.99. The molecule has 1 atom stereocenters. The molecule has 0 amide bonds. The van der Waals surface area contributed by atoms with E-state index in [1.807, 2.05) is 11.8 Å². The SMILES string of the molecule is CCCCCSCC(O)CC1CCCC1. The second kappa shape index (κ2) is 8.46. The molecule has 1 rings (SSSR count). The van der Waals surface area contributed by atoms with Crippen LogP contribution in [0.15, 0.2) is 0 Å². The minimum Gasteiger partial charge on any atom is -0.392 e. The first-order valence-corrected chi connectivity index (χ1v) is 7.74. The average molecular weight is 230 g/mol. The topological polar surface area (TPSA) is 20.2 Å². The zero-order valence-corrected chi connectivity index (χ0v) is 10.9. The fourth-order valence-corrected chi connectivity index (χ4v) is 3.36. The molecular formula is C13H26OS. The number of aliphatic hydroxyl groups is 1. The summed E-state index contributed by atoms with van der Waals surface area (Å²) in [5, 5.41) is 9.85. The summed E-state index contributed by atoms with van der Waals surface area (Å²) in [6.07, 6.45) is 10.5. The molecule has 0 aromatic heterocycles. The number of thioether (sulfide) groups is 1. The summed E-state index contributed by atoms with van der Waals surface area (Å²) in [5.74, 6) is 3.02. The standard InChI is InChI=1S/C13H26OS/c1-2-3-6-9-15-11-13(14)10-12-7-4-5-8-12/h12-14H,2-11H2,1H3. The van der Waals surface area contributed by atoms with E-state index in [1.54, 1.807) is 0 Å². The van der Waals surface area contributed by atoms with Crippen molar-refractivity contribution in [3.8, 4) is 0 Å². The van der Waals surface area contributed by atoms with Gasteiger partial charge in [-0.3, -0.25) is 0 Å². The van der Waals surface area contributed by atoms with Crippen molar-refractivity contribution in [1.82, 2.24) is 0 Å².